The lowest BCUT2D eigenvalue weighted by atomic mass is 9.85. The van der Waals surface area contributed by atoms with Gasteiger partial charge in [-0.2, -0.15) is 0 Å². The molecule has 7 nitrogen and oxygen atoms in total. The van der Waals surface area contributed by atoms with Gasteiger partial charge in [-0.15, -0.1) is 0 Å². The molecule has 7 heteroatoms. The molecule has 1 aliphatic carbocycles. The fourth-order valence-electron chi connectivity index (χ4n) is 3.28. The summed E-state index contributed by atoms with van der Waals surface area (Å²) in [6, 6.07) is 4.95. The van der Waals surface area contributed by atoms with E-state index in [-0.39, 0.29) is 30.2 Å². The minimum atomic E-state index is -0.430. The van der Waals surface area contributed by atoms with Gasteiger partial charge < -0.3 is 14.8 Å². The van der Waals surface area contributed by atoms with E-state index in [4.69, 9.17) is 9.47 Å². The second-order valence-corrected chi connectivity index (χ2v) is 6.04. The van der Waals surface area contributed by atoms with Gasteiger partial charge in [0.25, 0.3) is 0 Å². The highest BCUT2D eigenvalue weighted by Crippen LogP contribution is 2.35. The molecule has 0 aromatic heterocycles. The smallest absolute Gasteiger partial charge is 0.244 e. The van der Waals surface area contributed by atoms with Crippen LogP contribution in [0.5, 0.6) is 11.5 Å². The van der Waals surface area contributed by atoms with Crippen LogP contribution in [0, 0.1) is 11.8 Å². The molecule has 2 atom stereocenters. The summed E-state index contributed by atoms with van der Waals surface area (Å²) in [5.74, 6) is -0.588. The third-order valence-corrected chi connectivity index (χ3v) is 4.57. The Morgan fingerprint density at radius 3 is 2.24 bits per heavy atom. The van der Waals surface area contributed by atoms with Crippen LogP contribution < -0.4 is 14.8 Å². The summed E-state index contributed by atoms with van der Waals surface area (Å²) >= 11 is 0. The first kappa shape index (κ1) is 17.0. The summed E-state index contributed by atoms with van der Waals surface area (Å²) in [6.45, 7) is -0.279. The fraction of sp³-hybridized carbons (Fsp3) is 0.389. The largest absolute Gasteiger partial charge is 0.493 e. The first-order valence-corrected chi connectivity index (χ1v) is 8.07. The molecule has 0 bridgehead atoms. The first-order valence-electron chi connectivity index (χ1n) is 8.07. The lowest BCUT2D eigenvalue weighted by Crippen LogP contribution is -2.38. The molecule has 25 heavy (non-hydrogen) atoms. The Hall–Kier alpha value is -2.83. The number of allylic oxidation sites excluding steroid dienone is 2. The average molecular weight is 344 g/mol. The molecule has 3 amide bonds. The SMILES string of the molecule is COc1ccc(NC(=O)CN2C(=O)[C@@H]3CC=CC[C@H]3C2=O)cc1OC. The quantitative estimate of drug-likeness (QED) is 0.648. The molecule has 132 valence electrons. The van der Waals surface area contributed by atoms with Crippen LogP contribution in [-0.2, 0) is 14.4 Å². The van der Waals surface area contributed by atoms with Crippen molar-refractivity contribution in [2.45, 2.75) is 12.8 Å². The Morgan fingerprint density at radius 1 is 1.08 bits per heavy atom. The molecule has 3 rings (SSSR count). The second kappa shape index (κ2) is 6.96. The number of ether oxygens (including phenoxy) is 2. The fourth-order valence-corrected chi connectivity index (χ4v) is 3.28. The Bertz CT molecular complexity index is 717. The van der Waals surface area contributed by atoms with Gasteiger partial charge in [0.1, 0.15) is 6.54 Å². The van der Waals surface area contributed by atoms with E-state index in [0.717, 1.165) is 4.90 Å². The van der Waals surface area contributed by atoms with Crippen LogP contribution >= 0.6 is 0 Å². The number of nitrogens with one attached hydrogen (secondary N) is 1. The summed E-state index contributed by atoms with van der Waals surface area (Å²) in [6.07, 6.45) is 4.95. The third kappa shape index (κ3) is 3.22. The highest BCUT2D eigenvalue weighted by molar-refractivity contribution is 6.08. The highest BCUT2D eigenvalue weighted by Gasteiger charge is 2.47. The number of hydrogen-bond donors (Lipinski definition) is 1. The number of benzene rings is 1. The van der Waals surface area contributed by atoms with Crippen LogP contribution in [0.25, 0.3) is 0 Å². The number of imide groups is 1. The van der Waals surface area contributed by atoms with Gasteiger partial charge in [0.15, 0.2) is 11.5 Å². The Kier molecular flexibility index (Phi) is 4.74. The number of carbonyl (C=O) groups is 3. The third-order valence-electron chi connectivity index (χ3n) is 4.57. The van der Waals surface area contributed by atoms with Gasteiger partial charge in [-0.05, 0) is 25.0 Å². The maximum absolute atomic E-state index is 12.4. The van der Waals surface area contributed by atoms with Gasteiger partial charge in [0.05, 0.1) is 26.1 Å². The van der Waals surface area contributed by atoms with E-state index in [0.29, 0.717) is 30.0 Å². The van der Waals surface area contributed by atoms with Gasteiger partial charge >= 0.3 is 0 Å². The number of anilines is 1. The van der Waals surface area contributed by atoms with Crippen molar-refractivity contribution in [3.05, 3.63) is 30.4 Å². The predicted molar refractivity (Wildman–Crippen MR) is 90.2 cm³/mol. The lowest BCUT2D eigenvalue weighted by Gasteiger charge is -2.15. The van der Waals surface area contributed by atoms with E-state index >= 15 is 0 Å². The molecular formula is C18H20N2O5. The zero-order valence-corrected chi connectivity index (χ0v) is 14.2. The van der Waals surface area contributed by atoms with Crippen molar-refractivity contribution in [1.29, 1.82) is 0 Å². The Labute approximate surface area is 145 Å². The number of fused-ring (bicyclic) bond motifs is 1. The first-order chi connectivity index (χ1) is 12.0. The number of hydrogen-bond acceptors (Lipinski definition) is 5. The van der Waals surface area contributed by atoms with Gasteiger partial charge in [-0.25, -0.2) is 0 Å². The van der Waals surface area contributed by atoms with Gasteiger partial charge in [0, 0.05) is 11.8 Å². The van der Waals surface area contributed by atoms with Crippen LogP contribution in [0.1, 0.15) is 12.8 Å². The monoisotopic (exact) mass is 344 g/mol. The molecule has 1 aromatic carbocycles. The van der Waals surface area contributed by atoms with E-state index in [1.54, 1.807) is 18.2 Å². The molecule has 1 N–H and O–H groups in total. The number of methoxy groups -OCH3 is 2. The van der Waals surface area contributed by atoms with Crippen molar-refractivity contribution in [2.24, 2.45) is 11.8 Å². The molecule has 1 saturated heterocycles. The van der Waals surface area contributed by atoms with Gasteiger partial charge in [0.2, 0.25) is 17.7 Å². The summed E-state index contributed by atoms with van der Waals surface area (Å²) in [5, 5.41) is 2.68. The molecule has 1 fully saturated rings. The standard InChI is InChI=1S/C18H20N2O5/c1-24-14-8-7-11(9-15(14)25-2)19-16(21)10-20-17(22)12-5-3-4-6-13(12)18(20)23/h3-4,7-9,12-13H,5-6,10H2,1-2H3,(H,19,21)/t12-,13-/m1/s1. The van der Waals surface area contributed by atoms with Crippen LogP contribution in [0.4, 0.5) is 5.69 Å². The number of amides is 3. The molecule has 0 spiro atoms. The average Bonchev–Trinajstić information content (AvgIpc) is 2.87. The minimum Gasteiger partial charge on any atom is -0.493 e. The van der Waals surface area contributed by atoms with Crippen molar-refractivity contribution in [2.75, 3.05) is 26.1 Å². The van der Waals surface area contributed by atoms with Crippen LogP contribution in [-0.4, -0.2) is 43.4 Å². The summed E-state index contributed by atoms with van der Waals surface area (Å²) in [7, 11) is 3.02. The molecule has 1 aromatic rings. The van der Waals surface area contributed by atoms with Crippen molar-refractivity contribution in [1.82, 2.24) is 4.90 Å². The maximum atomic E-state index is 12.4. The van der Waals surface area contributed by atoms with E-state index in [9.17, 15) is 14.4 Å². The van der Waals surface area contributed by atoms with E-state index in [1.165, 1.54) is 14.2 Å². The Morgan fingerprint density at radius 2 is 1.68 bits per heavy atom. The molecule has 1 aliphatic heterocycles. The number of likely N-dealkylation sites (tertiary alicyclic amines) is 1. The summed E-state index contributed by atoms with van der Waals surface area (Å²) < 4.78 is 10.3. The Balaban J connectivity index is 1.67. The van der Waals surface area contributed by atoms with E-state index in [2.05, 4.69) is 5.32 Å². The topological polar surface area (TPSA) is 84.9 Å². The molecule has 0 unspecified atom stereocenters. The molecule has 2 aliphatic rings. The molecular weight excluding hydrogens is 324 g/mol. The molecule has 1 heterocycles. The molecule has 0 radical (unpaired) electrons. The second-order valence-electron chi connectivity index (χ2n) is 6.04. The molecule has 0 saturated carbocycles. The maximum Gasteiger partial charge on any atom is 0.244 e. The minimum absolute atomic E-state index is 0.262. The van der Waals surface area contributed by atoms with Crippen LogP contribution in [0.3, 0.4) is 0 Å². The number of carbonyl (C=O) groups excluding carboxylic acids is 3. The van der Waals surface area contributed by atoms with Crippen molar-refractivity contribution >= 4 is 23.4 Å². The zero-order valence-electron chi connectivity index (χ0n) is 14.2. The van der Waals surface area contributed by atoms with Crippen molar-refractivity contribution in [3.8, 4) is 11.5 Å². The van der Waals surface area contributed by atoms with Crippen molar-refractivity contribution < 1.29 is 23.9 Å². The zero-order chi connectivity index (χ0) is 18.0. The van der Waals surface area contributed by atoms with E-state index in [1.807, 2.05) is 12.2 Å². The highest BCUT2D eigenvalue weighted by atomic mass is 16.5. The lowest BCUT2D eigenvalue weighted by molar-refractivity contribution is -0.142. The predicted octanol–water partition coefficient (Wildman–Crippen LogP) is 1.59. The normalized spacial score (nSPS) is 21.9. The van der Waals surface area contributed by atoms with Gasteiger partial charge in [-0.1, -0.05) is 12.2 Å². The number of nitrogens with zero attached hydrogens (tertiary/aromatic N) is 1. The van der Waals surface area contributed by atoms with Gasteiger partial charge in [-0.3, -0.25) is 19.3 Å². The van der Waals surface area contributed by atoms with Crippen molar-refractivity contribution in [3.63, 3.8) is 0 Å². The number of rotatable bonds is 5. The van der Waals surface area contributed by atoms with Crippen LogP contribution in [0.15, 0.2) is 30.4 Å². The van der Waals surface area contributed by atoms with Crippen LogP contribution in [0.2, 0.25) is 0 Å². The summed E-state index contributed by atoms with van der Waals surface area (Å²) in [4.78, 5) is 38.1. The van der Waals surface area contributed by atoms with E-state index < -0.39 is 5.91 Å². The summed E-state index contributed by atoms with van der Waals surface area (Å²) in [5.41, 5.74) is 0.501.